The van der Waals surface area contributed by atoms with E-state index < -0.39 is 5.97 Å². The lowest BCUT2D eigenvalue weighted by Crippen LogP contribution is -2.06. The Bertz CT molecular complexity index is 641. The number of carboxylic acids is 1. The molecular weight excluding hydrogens is 288 g/mol. The average Bonchev–Trinajstić information content (AvgIpc) is 3.16. The molecule has 1 fully saturated rings. The van der Waals surface area contributed by atoms with Crippen LogP contribution in [0.4, 0.5) is 0 Å². The van der Waals surface area contributed by atoms with Crippen molar-refractivity contribution in [2.75, 3.05) is 0 Å². The molecule has 3 rings (SSSR count). The lowest BCUT2D eigenvalue weighted by atomic mass is 10.3. The number of hydrogen-bond acceptors (Lipinski definition) is 4. The molecule has 1 saturated carbocycles. The highest BCUT2D eigenvalue weighted by Crippen LogP contribution is 2.30. The van der Waals surface area contributed by atoms with Crippen LogP contribution < -0.4 is 4.74 Å². The lowest BCUT2D eigenvalue weighted by Gasteiger charge is -2.09. The van der Waals surface area contributed by atoms with Crippen LogP contribution in [0.15, 0.2) is 18.3 Å². The van der Waals surface area contributed by atoms with Gasteiger partial charge in [-0.15, -0.1) is 11.3 Å². The molecule has 112 valence electrons. The molecule has 0 unspecified atom stereocenters. The maximum atomic E-state index is 11.1. The molecule has 21 heavy (non-hydrogen) atoms. The Balaban J connectivity index is 1.66. The number of aromatic nitrogens is 2. The Morgan fingerprint density at radius 2 is 2.29 bits per heavy atom. The Morgan fingerprint density at radius 3 is 3.00 bits per heavy atom. The molecule has 6 heteroatoms. The first kappa shape index (κ1) is 14.1. The van der Waals surface area contributed by atoms with Gasteiger partial charge in [-0.2, -0.15) is 5.10 Å². The molecule has 2 heterocycles. The SMILES string of the molecule is Cc1cc(OCc2ccn(C3CCCC3)n2)c(C(=O)O)s1. The van der Waals surface area contributed by atoms with Crippen LogP contribution in [-0.2, 0) is 6.61 Å². The van der Waals surface area contributed by atoms with Gasteiger partial charge in [0, 0.05) is 11.1 Å². The number of aryl methyl sites for hydroxylation is 1. The smallest absolute Gasteiger partial charge is 0.349 e. The van der Waals surface area contributed by atoms with E-state index in [-0.39, 0.29) is 4.88 Å². The zero-order valence-corrected chi connectivity index (χ0v) is 12.7. The highest BCUT2D eigenvalue weighted by atomic mass is 32.1. The van der Waals surface area contributed by atoms with E-state index in [1.807, 2.05) is 23.9 Å². The van der Waals surface area contributed by atoms with E-state index in [4.69, 9.17) is 9.84 Å². The van der Waals surface area contributed by atoms with Crippen LogP contribution in [0.25, 0.3) is 0 Å². The predicted molar refractivity (Wildman–Crippen MR) is 80.1 cm³/mol. The maximum absolute atomic E-state index is 11.1. The molecule has 2 aromatic rings. The summed E-state index contributed by atoms with van der Waals surface area (Å²) < 4.78 is 7.65. The van der Waals surface area contributed by atoms with E-state index in [2.05, 4.69) is 5.10 Å². The molecule has 5 nitrogen and oxygen atoms in total. The number of aromatic carboxylic acids is 1. The van der Waals surface area contributed by atoms with E-state index in [1.165, 1.54) is 37.0 Å². The van der Waals surface area contributed by atoms with Crippen molar-refractivity contribution in [1.82, 2.24) is 9.78 Å². The molecule has 1 aliphatic rings. The first-order valence-corrected chi connectivity index (χ1v) is 7.95. The van der Waals surface area contributed by atoms with Gasteiger partial charge in [0.2, 0.25) is 0 Å². The van der Waals surface area contributed by atoms with Gasteiger partial charge in [0.25, 0.3) is 0 Å². The normalized spacial score (nSPS) is 15.5. The second-order valence-electron chi connectivity index (χ2n) is 5.37. The molecule has 0 spiro atoms. The van der Waals surface area contributed by atoms with Crippen molar-refractivity contribution in [3.8, 4) is 5.75 Å². The van der Waals surface area contributed by atoms with Crippen molar-refractivity contribution >= 4 is 17.3 Å². The van der Waals surface area contributed by atoms with Gasteiger partial charge in [0.05, 0.1) is 11.7 Å². The van der Waals surface area contributed by atoms with Gasteiger partial charge in [0.15, 0.2) is 4.88 Å². The Morgan fingerprint density at radius 1 is 1.52 bits per heavy atom. The quantitative estimate of drug-likeness (QED) is 0.916. The zero-order valence-electron chi connectivity index (χ0n) is 11.9. The number of thiophene rings is 1. The molecule has 2 aromatic heterocycles. The van der Waals surface area contributed by atoms with Gasteiger partial charge in [0.1, 0.15) is 12.4 Å². The number of carboxylic acid groups (broad SMARTS) is 1. The molecule has 1 N–H and O–H groups in total. The van der Waals surface area contributed by atoms with Crippen molar-refractivity contribution in [2.24, 2.45) is 0 Å². The van der Waals surface area contributed by atoms with Gasteiger partial charge < -0.3 is 9.84 Å². The molecular formula is C15H18N2O3S. The van der Waals surface area contributed by atoms with Crippen LogP contribution in [-0.4, -0.2) is 20.9 Å². The van der Waals surface area contributed by atoms with E-state index in [0.717, 1.165) is 10.6 Å². The highest BCUT2D eigenvalue weighted by Gasteiger charge is 2.18. The van der Waals surface area contributed by atoms with Crippen molar-refractivity contribution in [3.05, 3.63) is 33.8 Å². The van der Waals surface area contributed by atoms with Crippen molar-refractivity contribution < 1.29 is 14.6 Å². The van der Waals surface area contributed by atoms with E-state index in [0.29, 0.717) is 18.4 Å². The summed E-state index contributed by atoms with van der Waals surface area (Å²) in [4.78, 5) is 12.3. The third kappa shape index (κ3) is 3.10. The largest absolute Gasteiger partial charge is 0.485 e. The number of ether oxygens (including phenoxy) is 1. The fourth-order valence-electron chi connectivity index (χ4n) is 2.73. The zero-order chi connectivity index (χ0) is 14.8. The second-order valence-corrected chi connectivity index (χ2v) is 6.63. The first-order chi connectivity index (χ1) is 10.1. The van der Waals surface area contributed by atoms with Crippen molar-refractivity contribution in [2.45, 2.75) is 45.3 Å². The molecule has 0 radical (unpaired) electrons. The topological polar surface area (TPSA) is 64.4 Å². The number of rotatable bonds is 5. The van der Waals surface area contributed by atoms with Gasteiger partial charge in [-0.05, 0) is 31.9 Å². The minimum Gasteiger partial charge on any atom is -0.485 e. The second kappa shape index (κ2) is 5.89. The lowest BCUT2D eigenvalue weighted by molar-refractivity contribution is 0.0697. The van der Waals surface area contributed by atoms with E-state index in [1.54, 1.807) is 6.07 Å². The molecule has 0 amide bonds. The molecule has 1 aliphatic carbocycles. The number of carbonyl (C=O) groups is 1. The van der Waals surface area contributed by atoms with Crippen LogP contribution in [0.3, 0.4) is 0 Å². The van der Waals surface area contributed by atoms with Gasteiger partial charge in [-0.1, -0.05) is 12.8 Å². The van der Waals surface area contributed by atoms with Gasteiger partial charge in [-0.3, -0.25) is 4.68 Å². The van der Waals surface area contributed by atoms with Crippen LogP contribution in [0.1, 0.15) is 52.0 Å². The monoisotopic (exact) mass is 306 g/mol. The Kier molecular flexibility index (Phi) is 3.96. The van der Waals surface area contributed by atoms with Crippen molar-refractivity contribution in [1.29, 1.82) is 0 Å². The third-order valence-electron chi connectivity index (χ3n) is 3.75. The van der Waals surface area contributed by atoms with Gasteiger partial charge >= 0.3 is 5.97 Å². The van der Waals surface area contributed by atoms with Gasteiger partial charge in [-0.25, -0.2) is 4.79 Å². The summed E-state index contributed by atoms with van der Waals surface area (Å²) in [6, 6.07) is 4.22. The van der Waals surface area contributed by atoms with E-state index >= 15 is 0 Å². The minimum atomic E-state index is -0.945. The summed E-state index contributed by atoms with van der Waals surface area (Å²) in [6.07, 6.45) is 6.91. The van der Waals surface area contributed by atoms with Crippen LogP contribution in [0, 0.1) is 6.92 Å². The predicted octanol–water partition coefficient (Wildman–Crippen LogP) is 3.65. The molecule has 0 aliphatic heterocycles. The maximum Gasteiger partial charge on any atom is 0.349 e. The van der Waals surface area contributed by atoms with Crippen molar-refractivity contribution in [3.63, 3.8) is 0 Å². The molecule has 0 saturated heterocycles. The molecule has 0 aromatic carbocycles. The van der Waals surface area contributed by atoms with Crippen LogP contribution >= 0.6 is 11.3 Å². The standard InChI is InChI=1S/C15H18N2O3S/c1-10-8-13(14(21-10)15(18)19)20-9-11-6-7-17(16-11)12-4-2-3-5-12/h6-8,12H,2-5,9H2,1H3,(H,18,19). The summed E-state index contributed by atoms with van der Waals surface area (Å²) in [5.41, 5.74) is 0.835. The summed E-state index contributed by atoms with van der Waals surface area (Å²) in [5.74, 6) is -0.514. The summed E-state index contributed by atoms with van der Waals surface area (Å²) in [5, 5.41) is 13.7. The summed E-state index contributed by atoms with van der Waals surface area (Å²) >= 11 is 1.23. The third-order valence-corrected chi connectivity index (χ3v) is 4.77. The average molecular weight is 306 g/mol. The number of hydrogen-bond donors (Lipinski definition) is 1. The fourth-order valence-corrected chi connectivity index (χ4v) is 3.52. The molecule has 0 atom stereocenters. The molecule has 0 bridgehead atoms. The Labute approximate surface area is 127 Å². The summed E-state index contributed by atoms with van der Waals surface area (Å²) in [6.45, 7) is 2.18. The van der Waals surface area contributed by atoms with E-state index in [9.17, 15) is 4.79 Å². The first-order valence-electron chi connectivity index (χ1n) is 7.14. The van der Waals surface area contributed by atoms with Crippen LogP contribution in [0.2, 0.25) is 0 Å². The Hall–Kier alpha value is -1.82. The summed E-state index contributed by atoms with van der Waals surface area (Å²) in [7, 11) is 0. The number of nitrogens with zero attached hydrogens (tertiary/aromatic N) is 2. The minimum absolute atomic E-state index is 0.253. The fraction of sp³-hybridized carbons (Fsp3) is 0.467. The van der Waals surface area contributed by atoms with Crippen LogP contribution in [0.5, 0.6) is 5.75 Å². The highest BCUT2D eigenvalue weighted by molar-refractivity contribution is 7.14.